The maximum absolute atomic E-state index is 14.1. The number of piperidine rings is 1. The third kappa shape index (κ3) is 8.54. The van der Waals surface area contributed by atoms with E-state index < -0.39 is 5.60 Å². The van der Waals surface area contributed by atoms with Gasteiger partial charge in [-0.15, -0.1) is 0 Å². The Morgan fingerprint density at radius 2 is 2.09 bits per heavy atom. The Balaban J connectivity index is 2.16. The van der Waals surface area contributed by atoms with E-state index >= 15 is 0 Å². The zero-order chi connectivity index (χ0) is 24.5. The summed E-state index contributed by atoms with van der Waals surface area (Å²) in [5.41, 5.74) is -0.503. The molecule has 1 fully saturated rings. The second-order valence-corrected chi connectivity index (χ2v) is 10.6. The predicted molar refractivity (Wildman–Crippen MR) is 131 cm³/mol. The summed E-state index contributed by atoms with van der Waals surface area (Å²) < 4.78 is 19.2. The van der Waals surface area contributed by atoms with Gasteiger partial charge >= 0.3 is 6.03 Å². The van der Waals surface area contributed by atoms with Crippen LogP contribution in [0.4, 0.5) is 9.18 Å². The fraction of sp³-hybridized carbons (Fsp3) is 0.731. The number of carbonyl (C=O) groups is 1. The van der Waals surface area contributed by atoms with Crippen LogP contribution in [0.5, 0.6) is 0 Å². The Labute approximate surface area is 199 Å². The van der Waals surface area contributed by atoms with Crippen LogP contribution in [0.25, 0.3) is 0 Å². The molecule has 3 N–H and O–H groups in total. The van der Waals surface area contributed by atoms with E-state index in [9.17, 15) is 14.3 Å². The topological polar surface area (TPSA) is 73.8 Å². The van der Waals surface area contributed by atoms with Gasteiger partial charge in [0.2, 0.25) is 0 Å². The number of hydrogen-bond donors (Lipinski definition) is 3. The molecule has 1 aromatic carbocycles. The van der Waals surface area contributed by atoms with Crippen LogP contribution < -0.4 is 10.6 Å². The summed E-state index contributed by atoms with van der Waals surface area (Å²) in [6, 6.07) is 6.20. The van der Waals surface area contributed by atoms with Crippen molar-refractivity contribution in [2.45, 2.75) is 70.9 Å². The monoisotopic (exact) mass is 465 g/mol. The fourth-order valence-electron chi connectivity index (χ4n) is 4.96. The summed E-state index contributed by atoms with van der Waals surface area (Å²) >= 11 is 0. The fourth-order valence-corrected chi connectivity index (χ4v) is 4.96. The Morgan fingerprint density at radius 1 is 1.33 bits per heavy atom. The molecule has 1 aliphatic rings. The first-order chi connectivity index (χ1) is 15.6. The number of likely N-dealkylation sites (tertiary alicyclic amines) is 1. The number of aliphatic hydroxyl groups is 1. The van der Waals surface area contributed by atoms with Crippen LogP contribution in [0.15, 0.2) is 24.3 Å². The molecule has 6 nitrogen and oxygen atoms in total. The molecular formula is C26H44FN3O3. The van der Waals surface area contributed by atoms with Gasteiger partial charge in [0.15, 0.2) is 0 Å². The molecule has 1 saturated heterocycles. The maximum atomic E-state index is 14.1. The van der Waals surface area contributed by atoms with Crippen molar-refractivity contribution >= 4 is 6.03 Å². The highest BCUT2D eigenvalue weighted by molar-refractivity contribution is 5.74. The van der Waals surface area contributed by atoms with Crippen LogP contribution in [-0.2, 0) is 10.3 Å². The van der Waals surface area contributed by atoms with Crippen LogP contribution in [0.1, 0.15) is 64.9 Å². The molecule has 1 heterocycles. The normalized spacial score (nSPS) is 19.7. The smallest absolute Gasteiger partial charge is 0.317 e. The lowest BCUT2D eigenvalue weighted by Crippen LogP contribution is -2.54. The van der Waals surface area contributed by atoms with Crippen molar-refractivity contribution < 1.29 is 19.0 Å². The minimum absolute atomic E-state index is 0.0269. The highest BCUT2D eigenvalue weighted by Crippen LogP contribution is 2.40. The predicted octanol–water partition coefficient (Wildman–Crippen LogP) is 4.28. The Hall–Kier alpha value is -1.70. The zero-order valence-corrected chi connectivity index (χ0v) is 21.1. The number of likely N-dealkylation sites (N-methyl/N-ethyl adjacent to an activating group) is 1. The van der Waals surface area contributed by atoms with Crippen molar-refractivity contribution in [1.82, 2.24) is 15.5 Å². The maximum Gasteiger partial charge on any atom is 0.317 e. The lowest BCUT2D eigenvalue weighted by atomic mass is 9.74. The molecule has 0 aromatic heterocycles. The highest BCUT2D eigenvalue weighted by atomic mass is 19.1. The zero-order valence-electron chi connectivity index (χ0n) is 21.1. The van der Waals surface area contributed by atoms with E-state index in [-0.39, 0.29) is 29.2 Å². The van der Waals surface area contributed by atoms with Gasteiger partial charge in [0.25, 0.3) is 0 Å². The van der Waals surface area contributed by atoms with Gasteiger partial charge in [-0.25, -0.2) is 9.18 Å². The number of benzene rings is 1. The van der Waals surface area contributed by atoms with Crippen LogP contribution in [0, 0.1) is 17.2 Å². The molecule has 1 aliphatic heterocycles. The second-order valence-electron chi connectivity index (χ2n) is 10.6. The molecule has 33 heavy (non-hydrogen) atoms. The van der Waals surface area contributed by atoms with Gasteiger partial charge in [0.1, 0.15) is 5.82 Å². The Morgan fingerprint density at radius 3 is 2.73 bits per heavy atom. The number of unbranched alkanes of at least 4 members (excludes halogenated alkanes) is 1. The van der Waals surface area contributed by atoms with Crippen molar-refractivity contribution in [3.8, 4) is 0 Å². The molecule has 0 spiro atoms. The molecule has 1 aromatic rings. The van der Waals surface area contributed by atoms with E-state index in [1.807, 2.05) is 11.9 Å². The lowest BCUT2D eigenvalue weighted by Gasteiger charge is -2.43. The van der Waals surface area contributed by atoms with Crippen molar-refractivity contribution in [3.05, 3.63) is 35.6 Å². The molecule has 7 heteroatoms. The summed E-state index contributed by atoms with van der Waals surface area (Å²) in [6.07, 6.45) is 4.56. The van der Waals surface area contributed by atoms with Crippen molar-refractivity contribution in [2.24, 2.45) is 11.3 Å². The van der Waals surface area contributed by atoms with Gasteiger partial charge in [0.05, 0.1) is 5.60 Å². The summed E-state index contributed by atoms with van der Waals surface area (Å²) in [5, 5.41) is 18.2. The Kier molecular flexibility index (Phi) is 10.6. The number of hydrogen-bond acceptors (Lipinski definition) is 4. The number of carbonyl (C=O) groups excluding carboxylic acids is 1. The average Bonchev–Trinajstić information content (AvgIpc) is 2.75. The lowest BCUT2D eigenvalue weighted by molar-refractivity contribution is -0.0566. The van der Waals surface area contributed by atoms with Crippen molar-refractivity contribution in [1.29, 1.82) is 0 Å². The molecular weight excluding hydrogens is 421 g/mol. The van der Waals surface area contributed by atoms with Gasteiger partial charge in [0, 0.05) is 45.3 Å². The van der Waals surface area contributed by atoms with Gasteiger partial charge in [-0.2, -0.15) is 0 Å². The average molecular weight is 466 g/mol. The van der Waals surface area contributed by atoms with E-state index in [2.05, 4.69) is 31.4 Å². The third-order valence-electron chi connectivity index (χ3n) is 6.50. The standard InChI is InChI=1S/C26H44FN3O3/c1-25(2,3)17-23(18-28-4)29-24(31)30-14-9-11-21(19-30)26(32,13-6-7-15-33-5)20-10-8-12-22(27)16-20/h8,10,12,16,21,23,28,32H,6-7,9,11,13-15,17-19H2,1-5H3,(H,29,31). The number of amides is 2. The first kappa shape index (κ1) is 27.5. The molecule has 2 amide bonds. The number of ether oxygens (including phenoxy) is 1. The number of halogens is 1. The van der Waals surface area contributed by atoms with Crippen LogP contribution in [0.2, 0.25) is 0 Å². The van der Waals surface area contributed by atoms with E-state index in [1.54, 1.807) is 19.2 Å². The second kappa shape index (κ2) is 12.7. The first-order valence-corrected chi connectivity index (χ1v) is 12.3. The van der Waals surface area contributed by atoms with Gasteiger partial charge < -0.3 is 25.4 Å². The largest absolute Gasteiger partial charge is 0.385 e. The van der Waals surface area contributed by atoms with E-state index in [4.69, 9.17) is 4.74 Å². The molecule has 0 saturated carbocycles. The molecule has 188 valence electrons. The molecule has 3 atom stereocenters. The summed E-state index contributed by atoms with van der Waals surface area (Å²) in [7, 11) is 3.55. The molecule has 0 bridgehead atoms. The quantitative estimate of drug-likeness (QED) is 0.427. The number of nitrogens with zero attached hydrogens (tertiary/aromatic N) is 1. The minimum atomic E-state index is -1.19. The van der Waals surface area contributed by atoms with Crippen molar-refractivity contribution in [2.75, 3.05) is 40.4 Å². The number of nitrogens with one attached hydrogen (secondary N) is 2. The van der Waals surface area contributed by atoms with E-state index in [0.29, 0.717) is 38.2 Å². The number of methoxy groups -OCH3 is 1. The number of rotatable bonds is 11. The van der Waals surface area contributed by atoms with Gasteiger partial charge in [-0.1, -0.05) is 32.9 Å². The summed E-state index contributed by atoms with van der Waals surface area (Å²) in [4.78, 5) is 15.0. The molecule has 2 rings (SSSR count). The van der Waals surface area contributed by atoms with Crippen LogP contribution in [-0.4, -0.2) is 62.5 Å². The van der Waals surface area contributed by atoms with Crippen molar-refractivity contribution in [3.63, 3.8) is 0 Å². The Bertz CT molecular complexity index is 740. The molecule has 0 radical (unpaired) electrons. The van der Waals surface area contributed by atoms with Gasteiger partial charge in [-0.3, -0.25) is 0 Å². The number of urea groups is 1. The third-order valence-corrected chi connectivity index (χ3v) is 6.50. The first-order valence-electron chi connectivity index (χ1n) is 12.3. The van der Waals surface area contributed by atoms with Crippen LogP contribution >= 0.6 is 0 Å². The summed E-state index contributed by atoms with van der Waals surface area (Å²) in [5.74, 6) is -0.517. The molecule has 0 aliphatic carbocycles. The highest BCUT2D eigenvalue weighted by Gasteiger charge is 2.41. The van der Waals surface area contributed by atoms with E-state index in [1.165, 1.54) is 12.1 Å². The SMILES string of the molecule is CNCC(CC(C)(C)C)NC(=O)N1CCCC(C(O)(CCCCOC)c2cccc(F)c2)C1. The summed E-state index contributed by atoms with van der Waals surface area (Å²) in [6.45, 7) is 8.94. The minimum Gasteiger partial charge on any atom is -0.385 e. The van der Waals surface area contributed by atoms with Crippen LogP contribution in [0.3, 0.4) is 0 Å². The molecule has 3 unspecified atom stereocenters. The van der Waals surface area contributed by atoms with Gasteiger partial charge in [-0.05, 0) is 68.7 Å². The van der Waals surface area contributed by atoms with E-state index in [0.717, 1.165) is 32.1 Å².